The van der Waals surface area contributed by atoms with Crippen LogP contribution in [0.15, 0.2) is 64.9 Å². The minimum Gasteiger partial charge on any atom is -0.497 e. The number of rotatable bonds is 10. The van der Waals surface area contributed by atoms with Gasteiger partial charge in [0.05, 0.1) is 12.8 Å². The Morgan fingerprint density at radius 2 is 1.19 bits per heavy atom. The standard InChI is InChI=1S/C36H60N4O4Si3/c1-27(37-40(46(14,15)35(5,6)7)32(41)28-23-25-30(43-11)26-24-28)31(38-44-47(16,17)36(8,9)10)33(42)39(29-21-19-18-20-22-29)45(12,13)34(2,3)4/h18-26H,1-17H3/b37-27+,38-31+. The summed E-state index contributed by atoms with van der Waals surface area (Å²) in [5.74, 6) is 0.143. The molecule has 0 N–H and O–H groups in total. The molecule has 2 amide bonds. The van der Waals surface area contributed by atoms with Crippen molar-refractivity contribution in [1.82, 2.24) is 4.67 Å². The molecule has 0 aliphatic rings. The van der Waals surface area contributed by atoms with E-state index < -0.39 is 24.8 Å². The van der Waals surface area contributed by atoms with Crippen LogP contribution in [0.4, 0.5) is 5.69 Å². The highest BCUT2D eigenvalue weighted by Gasteiger charge is 2.48. The first kappa shape index (κ1) is 40.1. The van der Waals surface area contributed by atoms with Gasteiger partial charge in [0.2, 0.25) is 0 Å². The summed E-state index contributed by atoms with van der Waals surface area (Å²) in [6.45, 7) is 34.0. The predicted molar refractivity (Wildman–Crippen MR) is 206 cm³/mol. The highest BCUT2D eigenvalue weighted by Crippen LogP contribution is 2.42. The molecule has 0 saturated heterocycles. The van der Waals surface area contributed by atoms with E-state index in [0.29, 0.717) is 17.0 Å². The number of ether oxygens (including phenoxy) is 1. The molecule has 0 saturated carbocycles. The quantitative estimate of drug-likeness (QED) is 0.141. The van der Waals surface area contributed by atoms with Crippen LogP contribution in [0.3, 0.4) is 0 Å². The van der Waals surface area contributed by atoms with Crippen LogP contribution in [-0.2, 0) is 9.32 Å². The first-order chi connectivity index (χ1) is 21.2. The lowest BCUT2D eigenvalue weighted by atomic mass is 10.2. The number of carbonyl (C=O) groups is 2. The fourth-order valence-electron chi connectivity index (χ4n) is 4.06. The van der Waals surface area contributed by atoms with E-state index in [-0.39, 0.29) is 32.6 Å². The van der Waals surface area contributed by atoms with Crippen molar-refractivity contribution in [2.24, 2.45) is 10.3 Å². The zero-order valence-corrected chi connectivity index (χ0v) is 35.1. The number of hydrogen-bond acceptors (Lipinski definition) is 6. The minimum atomic E-state index is -2.63. The number of carbonyl (C=O) groups excluding carboxylic acids is 2. The maximum atomic E-state index is 15.1. The van der Waals surface area contributed by atoms with Gasteiger partial charge in [0, 0.05) is 11.3 Å². The number of para-hydroxylation sites is 1. The molecule has 2 rings (SSSR count). The van der Waals surface area contributed by atoms with E-state index in [9.17, 15) is 4.79 Å². The van der Waals surface area contributed by atoms with Gasteiger partial charge in [0.1, 0.15) is 5.75 Å². The molecule has 0 atom stereocenters. The molecule has 0 aliphatic carbocycles. The lowest BCUT2D eigenvalue weighted by Crippen LogP contribution is -2.60. The zero-order valence-electron chi connectivity index (χ0n) is 32.1. The second-order valence-corrected chi connectivity index (χ2v) is 31.7. The van der Waals surface area contributed by atoms with Crippen molar-refractivity contribution < 1.29 is 18.9 Å². The fourth-order valence-corrected chi connectivity index (χ4v) is 8.41. The largest absolute Gasteiger partial charge is 0.497 e. The van der Waals surface area contributed by atoms with Crippen LogP contribution in [-0.4, -0.2) is 59.8 Å². The second-order valence-electron chi connectivity index (χ2n) is 16.9. The molecule has 11 heteroatoms. The summed E-state index contributed by atoms with van der Waals surface area (Å²) >= 11 is 0. The first-order valence-electron chi connectivity index (χ1n) is 16.4. The van der Waals surface area contributed by atoms with Crippen LogP contribution < -0.4 is 9.30 Å². The molecular formula is C36H60N4O4Si3. The Balaban J connectivity index is 2.93. The van der Waals surface area contributed by atoms with Crippen molar-refractivity contribution in [2.45, 2.75) is 124 Å². The second kappa shape index (κ2) is 14.2. The Morgan fingerprint density at radius 1 is 0.702 bits per heavy atom. The highest BCUT2D eigenvalue weighted by molar-refractivity contribution is 6.91. The number of anilines is 1. The Labute approximate surface area is 287 Å². The molecule has 0 spiro atoms. The van der Waals surface area contributed by atoms with Gasteiger partial charge in [-0.3, -0.25) is 14.3 Å². The SMILES string of the molecule is COc1ccc(C(=O)N(/N=C(C)/C(=N\O[Si](C)(C)C(C)(C)C)C(=O)N(c2ccccc2)[Si](C)(C)C(C)(C)C)[Si](C)(C)C(C)(C)C)cc1. The number of amides is 2. The van der Waals surface area contributed by atoms with Gasteiger partial charge in [-0.1, -0.05) is 98.8 Å². The Kier molecular flexibility index (Phi) is 12.1. The molecule has 47 heavy (non-hydrogen) atoms. The third-order valence-corrected chi connectivity index (χ3v) is 24.9. The first-order valence-corrected chi connectivity index (χ1v) is 25.2. The summed E-state index contributed by atoms with van der Waals surface area (Å²) < 4.78 is 15.3. The van der Waals surface area contributed by atoms with Crippen LogP contribution in [0.1, 0.15) is 79.6 Å². The van der Waals surface area contributed by atoms with E-state index in [1.54, 1.807) is 43.0 Å². The average molecular weight is 697 g/mol. The van der Waals surface area contributed by atoms with Gasteiger partial charge in [-0.05, 0) is 84.6 Å². The lowest BCUT2D eigenvalue weighted by molar-refractivity contribution is -0.111. The summed E-state index contributed by atoms with van der Waals surface area (Å²) in [6, 6.07) is 16.8. The van der Waals surface area contributed by atoms with E-state index in [4.69, 9.17) is 19.5 Å². The maximum absolute atomic E-state index is 15.1. The number of hydrazone groups is 1. The van der Waals surface area contributed by atoms with Crippen molar-refractivity contribution in [3.63, 3.8) is 0 Å². The summed E-state index contributed by atoms with van der Waals surface area (Å²) in [7, 11) is -6.00. The maximum Gasteiger partial charge on any atom is 0.286 e. The number of oxime groups is 1. The van der Waals surface area contributed by atoms with E-state index in [0.717, 1.165) is 5.69 Å². The summed E-state index contributed by atoms with van der Waals surface area (Å²) in [5, 5.41) is 9.17. The van der Waals surface area contributed by atoms with E-state index in [2.05, 4.69) is 102 Å². The van der Waals surface area contributed by atoms with Crippen LogP contribution in [0.2, 0.25) is 54.4 Å². The van der Waals surface area contributed by atoms with Gasteiger partial charge in [-0.15, -0.1) is 0 Å². The van der Waals surface area contributed by atoms with Crippen LogP contribution in [0.25, 0.3) is 0 Å². The van der Waals surface area contributed by atoms with E-state index in [1.807, 2.05) is 34.9 Å². The van der Waals surface area contributed by atoms with Crippen molar-refractivity contribution in [3.8, 4) is 5.75 Å². The number of methoxy groups -OCH3 is 1. The molecule has 8 nitrogen and oxygen atoms in total. The van der Waals surface area contributed by atoms with Crippen molar-refractivity contribution in [2.75, 3.05) is 11.7 Å². The normalized spacial score (nSPS) is 14.1. The van der Waals surface area contributed by atoms with Crippen molar-refractivity contribution in [1.29, 1.82) is 0 Å². The summed E-state index contributed by atoms with van der Waals surface area (Å²) in [6.07, 6.45) is 0. The van der Waals surface area contributed by atoms with Gasteiger partial charge in [0.15, 0.2) is 22.2 Å². The van der Waals surface area contributed by atoms with Gasteiger partial charge < -0.3 is 13.8 Å². The van der Waals surface area contributed by atoms with Crippen molar-refractivity contribution in [3.05, 3.63) is 60.2 Å². The Bertz CT molecular complexity index is 1460. The molecule has 0 heterocycles. The predicted octanol–water partition coefficient (Wildman–Crippen LogP) is 9.93. The highest BCUT2D eigenvalue weighted by atomic mass is 28.4. The summed E-state index contributed by atoms with van der Waals surface area (Å²) in [4.78, 5) is 29.4. The molecule has 2 aromatic rings. The van der Waals surface area contributed by atoms with Gasteiger partial charge in [-0.2, -0.15) is 5.10 Å². The van der Waals surface area contributed by atoms with E-state index >= 15 is 4.79 Å². The van der Waals surface area contributed by atoms with E-state index in [1.165, 1.54) is 0 Å². The third-order valence-electron chi connectivity index (χ3n) is 10.5. The summed E-state index contributed by atoms with van der Waals surface area (Å²) in [5.41, 5.74) is 1.73. The van der Waals surface area contributed by atoms with Gasteiger partial charge in [0.25, 0.3) is 20.1 Å². The van der Waals surface area contributed by atoms with Gasteiger partial charge in [-0.25, -0.2) is 0 Å². The molecule has 0 radical (unpaired) electrons. The monoisotopic (exact) mass is 696 g/mol. The number of hydrogen-bond donors (Lipinski definition) is 0. The Morgan fingerprint density at radius 3 is 1.62 bits per heavy atom. The van der Waals surface area contributed by atoms with Crippen LogP contribution in [0.5, 0.6) is 5.75 Å². The van der Waals surface area contributed by atoms with Crippen molar-refractivity contribution >= 4 is 53.7 Å². The molecule has 0 aromatic heterocycles. The zero-order chi connectivity index (χ0) is 36.4. The van der Waals surface area contributed by atoms with Crippen LogP contribution >= 0.6 is 0 Å². The minimum absolute atomic E-state index is 0.106. The number of benzene rings is 2. The van der Waals surface area contributed by atoms with Crippen LogP contribution in [0, 0.1) is 0 Å². The molecule has 0 aliphatic heterocycles. The average Bonchev–Trinajstić information content (AvgIpc) is 2.94. The van der Waals surface area contributed by atoms with Gasteiger partial charge >= 0.3 is 0 Å². The molecular weight excluding hydrogens is 637 g/mol. The number of nitrogens with zero attached hydrogens (tertiary/aromatic N) is 4. The fraction of sp³-hybridized carbons (Fsp3) is 0.556. The molecule has 0 fully saturated rings. The lowest BCUT2D eigenvalue weighted by Gasteiger charge is -2.46. The Hall–Kier alpha value is -3.03. The third kappa shape index (κ3) is 8.91. The smallest absolute Gasteiger partial charge is 0.286 e. The molecule has 260 valence electrons. The topological polar surface area (TPSA) is 83.8 Å². The molecule has 0 bridgehead atoms. The molecule has 0 unspecified atom stereocenters. The molecule has 2 aromatic carbocycles.